The zero-order valence-electron chi connectivity index (χ0n) is 13.8. The van der Waals surface area contributed by atoms with Gasteiger partial charge in [-0.1, -0.05) is 6.07 Å². The van der Waals surface area contributed by atoms with Crippen LogP contribution in [0, 0.1) is 0 Å². The van der Waals surface area contributed by atoms with E-state index in [1.165, 1.54) is 30.9 Å². The first-order valence-corrected chi connectivity index (χ1v) is 7.66. The van der Waals surface area contributed by atoms with Crippen molar-refractivity contribution in [2.75, 3.05) is 13.2 Å². The lowest BCUT2D eigenvalue weighted by Crippen LogP contribution is -2.36. The molecule has 0 aliphatic carbocycles. The number of aliphatic hydroxyl groups is 2. The van der Waals surface area contributed by atoms with E-state index in [0.29, 0.717) is 12.2 Å². The Kier molecular flexibility index (Phi) is 5.14. The van der Waals surface area contributed by atoms with E-state index in [1.54, 1.807) is 13.0 Å². The lowest BCUT2D eigenvalue weighted by atomic mass is 9.96. The summed E-state index contributed by atoms with van der Waals surface area (Å²) in [6.45, 7) is 4.82. The first-order valence-electron chi connectivity index (χ1n) is 7.66. The van der Waals surface area contributed by atoms with E-state index in [-0.39, 0.29) is 23.6 Å². The molecule has 2 atom stereocenters. The molecular weight excluding hydrogens is 314 g/mol. The van der Waals surface area contributed by atoms with Gasteiger partial charge >= 0.3 is 0 Å². The summed E-state index contributed by atoms with van der Waals surface area (Å²) in [6, 6.07) is 3.63. The van der Waals surface area contributed by atoms with E-state index in [4.69, 9.17) is 4.74 Å². The first kappa shape index (κ1) is 17.8. The van der Waals surface area contributed by atoms with Crippen molar-refractivity contribution in [1.29, 1.82) is 0 Å². The molecule has 1 aromatic rings. The summed E-state index contributed by atoms with van der Waals surface area (Å²) in [5.41, 5.74) is 0.466. The predicted octanol–water partition coefficient (Wildman–Crippen LogP) is 1.46. The van der Waals surface area contributed by atoms with Crippen LogP contribution in [0.1, 0.15) is 32.4 Å². The van der Waals surface area contributed by atoms with Crippen molar-refractivity contribution in [2.45, 2.75) is 32.9 Å². The van der Waals surface area contributed by atoms with Crippen molar-refractivity contribution in [3.05, 3.63) is 35.1 Å². The molecule has 7 heteroatoms. The number of hydrogen-bond acceptors (Lipinski definition) is 6. The topological polar surface area (TPSA) is 107 Å². The van der Waals surface area contributed by atoms with Crippen LogP contribution in [0.2, 0.25) is 0 Å². The van der Waals surface area contributed by atoms with E-state index >= 15 is 0 Å². The quantitative estimate of drug-likeness (QED) is 0.726. The molecule has 0 radical (unpaired) electrons. The zero-order chi connectivity index (χ0) is 18.0. The molecular formula is C17H21NO6. The molecule has 2 rings (SSSR count). The summed E-state index contributed by atoms with van der Waals surface area (Å²) >= 11 is 0. The van der Waals surface area contributed by atoms with Gasteiger partial charge in [0.05, 0.1) is 24.3 Å². The summed E-state index contributed by atoms with van der Waals surface area (Å²) in [5, 5.41) is 29.5. The van der Waals surface area contributed by atoms with E-state index in [0.717, 1.165) is 0 Å². The Balaban J connectivity index is 2.55. The molecule has 1 aliphatic heterocycles. The minimum Gasteiger partial charge on any atom is -0.504 e. The fourth-order valence-corrected chi connectivity index (χ4v) is 2.80. The minimum absolute atomic E-state index is 0.0335. The molecule has 130 valence electrons. The standard InChI is InChI=1S/C17H21NO6/c1-4-24-13-7-11(5-6-12(13)21)15-14(10(3)20)16(22)17(23)18(15)8-9(2)19/h5-7,9,15,19,21-22H,4,8H2,1-3H3/t9-,15+/m0/s1. The predicted molar refractivity (Wildman–Crippen MR) is 85.7 cm³/mol. The van der Waals surface area contributed by atoms with Crippen LogP contribution in [0.4, 0.5) is 0 Å². The highest BCUT2D eigenvalue weighted by atomic mass is 16.5. The van der Waals surface area contributed by atoms with E-state index in [9.17, 15) is 24.9 Å². The number of ketones is 1. The highest BCUT2D eigenvalue weighted by Gasteiger charge is 2.42. The molecule has 0 unspecified atom stereocenters. The molecule has 1 amide bonds. The molecule has 0 aromatic heterocycles. The highest BCUT2D eigenvalue weighted by Crippen LogP contribution is 2.40. The number of carbonyl (C=O) groups excluding carboxylic acids is 2. The molecule has 0 fully saturated rings. The second-order valence-corrected chi connectivity index (χ2v) is 5.69. The van der Waals surface area contributed by atoms with E-state index < -0.39 is 29.6 Å². The zero-order valence-corrected chi connectivity index (χ0v) is 13.8. The van der Waals surface area contributed by atoms with Crippen molar-refractivity contribution >= 4 is 11.7 Å². The van der Waals surface area contributed by atoms with Crippen molar-refractivity contribution < 1.29 is 29.6 Å². The number of β-amino-alcohol motifs (C(OH)–C–C–N with tert-alkyl or cyclic N) is 1. The SMILES string of the molecule is CCOc1cc([C@@H]2C(C(C)=O)=C(O)C(=O)N2C[C@H](C)O)ccc1O. The Labute approximate surface area is 139 Å². The number of phenols is 1. The molecule has 24 heavy (non-hydrogen) atoms. The monoisotopic (exact) mass is 335 g/mol. The molecule has 0 spiro atoms. The maximum atomic E-state index is 12.3. The average Bonchev–Trinajstić information content (AvgIpc) is 2.74. The fraction of sp³-hybridized carbons (Fsp3) is 0.412. The summed E-state index contributed by atoms with van der Waals surface area (Å²) in [6.07, 6.45) is -0.834. The van der Waals surface area contributed by atoms with Gasteiger partial charge in [0.25, 0.3) is 5.91 Å². The molecule has 1 heterocycles. The molecule has 1 aliphatic rings. The van der Waals surface area contributed by atoms with Gasteiger partial charge in [0.15, 0.2) is 23.0 Å². The smallest absolute Gasteiger partial charge is 0.290 e. The minimum atomic E-state index is -0.843. The van der Waals surface area contributed by atoms with Crippen LogP contribution >= 0.6 is 0 Å². The normalized spacial score (nSPS) is 18.9. The van der Waals surface area contributed by atoms with Gasteiger partial charge in [-0.15, -0.1) is 0 Å². The van der Waals surface area contributed by atoms with Crippen LogP contribution < -0.4 is 4.74 Å². The second kappa shape index (κ2) is 6.92. The number of hydrogen-bond donors (Lipinski definition) is 3. The van der Waals surface area contributed by atoms with E-state index in [2.05, 4.69) is 0 Å². The van der Waals surface area contributed by atoms with Gasteiger partial charge in [-0.2, -0.15) is 0 Å². The number of rotatable bonds is 6. The number of aliphatic hydroxyl groups excluding tert-OH is 2. The summed E-state index contributed by atoms with van der Waals surface area (Å²) in [7, 11) is 0. The van der Waals surface area contributed by atoms with Gasteiger partial charge in [-0.25, -0.2) is 0 Å². The third-order valence-corrected chi connectivity index (χ3v) is 3.74. The van der Waals surface area contributed by atoms with Crippen molar-refractivity contribution in [2.24, 2.45) is 0 Å². The van der Waals surface area contributed by atoms with Crippen LogP contribution in [0.15, 0.2) is 29.5 Å². The van der Waals surface area contributed by atoms with Crippen LogP contribution in [-0.2, 0) is 9.59 Å². The molecule has 1 aromatic carbocycles. The van der Waals surface area contributed by atoms with Crippen LogP contribution in [0.25, 0.3) is 0 Å². The number of phenolic OH excluding ortho intramolecular Hbond substituents is 1. The Bertz CT molecular complexity index is 694. The van der Waals surface area contributed by atoms with Crippen LogP contribution in [0.5, 0.6) is 11.5 Å². The number of aromatic hydroxyl groups is 1. The van der Waals surface area contributed by atoms with Gasteiger partial charge in [0.1, 0.15) is 0 Å². The maximum Gasteiger partial charge on any atom is 0.290 e. The van der Waals surface area contributed by atoms with Gasteiger partial charge < -0.3 is 25.0 Å². The Hall–Kier alpha value is -2.54. The summed E-state index contributed by atoms with van der Waals surface area (Å²) in [4.78, 5) is 25.5. The molecule has 7 nitrogen and oxygen atoms in total. The summed E-state index contributed by atoms with van der Waals surface area (Å²) in [5.74, 6) is -1.61. The number of nitrogens with zero attached hydrogens (tertiary/aromatic N) is 1. The van der Waals surface area contributed by atoms with Gasteiger partial charge in [-0.3, -0.25) is 9.59 Å². The van der Waals surface area contributed by atoms with Crippen molar-refractivity contribution in [1.82, 2.24) is 4.90 Å². The number of benzene rings is 1. The molecule has 3 N–H and O–H groups in total. The Morgan fingerprint density at radius 1 is 1.38 bits per heavy atom. The lowest BCUT2D eigenvalue weighted by Gasteiger charge is -2.28. The number of carbonyl (C=O) groups is 2. The molecule has 0 bridgehead atoms. The molecule has 0 saturated heterocycles. The summed E-state index contributed by atoms with van der Waals surface area (Å²) < 4.78 is 5.34. The third kappa shape index (κ3) is 3.21. The van der Waals surface area contributed by atoms with Gasteiger partial charge in [-0.05, 0) is 38.5 Å². The molecule has 0 saturated carbocycles. The number of ether oxygens (including phenoxy) is 1. The highest BCUT2D eigenvalue weighted by molar-refractivity contribution is 6.08. The second-order valence-electron chi connectivity index (χ2n) is 5.69. The van der Waals surface area contributed by atoms with Crippen LogP contribution in [0.3, 0.4) is 0 Å². The number of amides is 1. The van der Waals surface area contributed by atoms with Gasteiger partial charge in [0, 0.05) is 6.54 Å². The maximum absolute atomic E-state index is 12.3. The first-order chi connectivity index (χ1) is 11.3. The average molecular weight is 335 g/mol. The Morgan fingerprint density at radius 3 is 2.58 bits per heavy atom. The van der Waals surface area contributed by atoms with Crippen LogP contribution in [-0.4, -0.2) is 51.2 Å². The van der Waals surface area contributed by atoms with Crippen molar-refractivity contribution in [3.8, 4) is 11.5 Å². The van der Waals surface area contributed by atoms with Gasteiger partial charge in [0.2, 0.25) is 0 Å². The Morgan fingerprint density at radius 2 is 2.04 bits per heavy atom. The van der Waals surface area contributed by atoms with Crippen molar-refractivity contribution in [3.63, 3.8) is 0 Å². The number of Topliss-reactive ketones (excluding diaryl/α,β-unsaturated/α-hetero) is 1. The van der Waals surface area contributed by atoms with E-state index in [1.807, 2.05) is 0 Å². The lowest BCUT2D eigenvalue weighted by molar-refractivity contribution is -0.130. The fourth-order valence-electron chi connectivity index (χ4n) is 2.80. The largest absolute Gasteiger partial charge is 0.504 e. The third-order valence-electron chi connectivity index (χ3n) is 3.74.